The molecule has 0 saturated carbocycles. The summed E-state index contributed by atoms with van der Waals surface area (Å²) in [6.07, 6.45) is 3.48. The van der Waals surface area contributed by atoms with Gasteiger partial charge in [-0.2, -0.15) is 0 Å². The van der Waals surface area contributed by atoms with Crippen LogP contribution in [-0.2, 0) is 0 Å². The first-order valence-electron chi connectivity index (χ1n) is 6.51. The van der Waals surface area contributed by atoms with Gasteiger partial charge in [-0.05, 0) is 48.7 Å². The summed E-state index contributed by atoms with van der Waals surface area (Å²) in [6, 6.07) is 15.5. The molecule has 2 amide bonds. The lowest BCUT2D eigenvalue weighted by Crippen LogP contribution is -2.23. The van der Waals surface area contributed by atoms with E-state index in [4.69, 9.17) is 0 Å². The van der Waals surface area contributed by atoms with Crippen molar-refractivity contribution in [3.8, 4) is 0 Å². The normalized spacial score (nSPS) is 10.5. The van der Waals surface area contributed by atoms with Gasteiger partial charge in [-0.25, -0.2) is 4.79 Å². The van der Waals surface area contributed by atoms with E-state index in [1.807, 2.05) is 62.4 Å². The largest absolute Gasteiger partial charge is 0.323 e. The fourth-order valence-corrected chi connectivity index (χ4v) is 1.99. The van der Waals surface area contributed by atoms with Crippen molar-refractivity contribution >= 4 is 17.8 Å². The predicted octanol–water partition coefficient (Wildman–Crippen LogP) is 4.10. The van der Waals surface area contributed by atoms with Gasteiger partial charge in [0, 0.05) is 11.9 Å². The molecule has 3 nitrogen and oxygen atoms in total. The van der Waals surface area contributed by atoms with Crippen LogP contribution >= 0.6 is 0 Å². The van der Waals surface area contributed by atoms with Gasteiger partial charge in [0.2, 0.25) is 0 Å². The lowest BCUT2D eigenvalue weighted by molar-refractivity contribution is 0.255. The summed E-state index contributed by atoms with van der Waals surface area (Å²) in [4.78, 5) is 11.8. The minimum Gasteiger partial charge on any atom is -0.314 e. The third-order valence-corrected chi connectivity index (χ3v) is 2.77. The summed E-state index contributed by atoms with van der Waals surface area (Å²) < 4.78 is 0. The van der Waals surface area contributed by atoms with Crippen LogP contribution in [0.2, 0.25) is 0 Å². The number of carbonyl (C=O) groups is 1. The summed E-state index contributed by atoms with van der Waals surface area (Å²) in [5.74, 6) is 0. The van der Waals surface area contributed by atoms with Crippen molar-refractivity contribution in [2.75, 3.05) is 5.32 Å². The fourth-order valence-electron chi connectivity index (χ4n) is 1.99. The maximum Gasteiger partial charge on any atom is 0.323 e. The molecule has 0 atom stereocenters. The quantitative estimate of drug-likeness (QED) is 0.863. The minimum absolute atomic E-state index is 0.248. The Hall–Kier alpha value is -2.55. The highest BCUT2D eigenvalue weighted by Gasteiger charge is 2.00. The molecule has 0 saturated heterocycles. The lowest BCUT2D eigenvalue weighted by atomic mass is 10.1. The molecule has 0 fully saturated rings. The Kier molecular flexibility index (Phi) is 4.56. The number of rotatable bonds is 3. The van der Waals surface area contributed by atoms with E-state index in [9.17, 15) is 4.79 Å². The number of urea groups is 1. The molecule has 20 heavy (non-hydrogen) atoms. The van der Waals surface area contributed by atoms with Crippen molar-refractivity contribution in [3.05, 3.63) is 71.4 Å². The first-order chi connectivity index (χ1) is 9.63. The molecule has 0 bridgehead atoms. The van der Waals surface area contributed by atoms with Gasteiger partial charge in [0.15, 0.2) is 0 Å². The maximum absolute atomic E-state index is 11.8. The zero-order valence-corrected chi connectivity index (χ0v) is 11.7. The standard InChI is InChI=1S/C17H18N2O/c1-13-10-14(2)12-16(11-13)19-17(20)18-9-8-15-6-4-3-5-7-15/h3-12H,1-2H3,(H2,18,19,20)/b9-8+. The number of hydrogen-bond acceptors (Lipinski definition) is 1. The minimum atomic E-state index is -0.248. The highest BCUT2D eigenvalue weighted by atomic mass is 16.2. The van der Waals surface area contributed by atoms with E-state index >= 15 is 0 Å². The Balaban J connectivity index is 1.91. The molecule has 0 aliphatic carbocycles. The van der Waals surface area contributed by atoms with E-state index in [1.54, 1.807) is 6.20 Å². The third kappa shape index (κ3) is 4.28. The van der Waals surface area contributed by atoms with E-state index in [-0.39, 0.29) is 6.03 Å². The molecular formula is C17H18N2O. The number of nitrogens with one attached hydrogen (secondary N) is 2. The predicted molar refractivity (Wildman–Crippen MR) is 83.5 cm³/mol. The van der Waals surface area contributed by atoms with E-state index in [1.165, 1.54) is 0 Å². The van der Waals surface area contributed by atoms with Crippen LogP contribution in [0.3, 0.4) is 0 Å². The topological polar surface area (TPSA) is 41.1 Å². The summed E-state index contributed by atoms with van der Waals surface area (Å²) >= 11 is 0. The lowest BCUT2D eigenvalue weighted by Gasteiger charge is -2.07. The first-order valence-corrected chi connectivity index (χ1v) is 6.51. The van der Waals surface area contributed by atoms with Crippen LogP contribution in [0.5, 0.6) is 0 Å². The SMILES string of the molecule is Cc1cc(C)cc(NC(=O)N/C=C/c2ccccc2)c1. The highest BCUT2D eigenvalue weighted by Crippen LogP contribution is 2.13. The second-order valence-corrected chi connectivity index (χ2v) is 4.72. The van der Waals surface area contributed by atoms with Crippen LogP contribution in [0.15, 0.2) is 54.7 Å². The van der Waals surface area contributed by atoms with Gasteiger partial charge in [0.05, 0.1) is 0 Å². The van der Waals surface area contributed by atoms with E-state index < -0.39 is 0 Å². The van der Waals surface area contributed by atoms with Gasteiger partial charge >= 0.3 is 6.03 Å². The number of amides is 2. The molecule has 0 unspecified atom stereocenters. The Bertz CT molecular complexity index is 598. The maximum atomic E-state index is 11.8. The molecule has 2 aromatic rings. The van der Waals surface area contributed by atoms with Crippen molar-refractivity contribution in [2.24, 2.45) is 0 Å². The van der Waals surface area contributed by atoms with Crippen LogP contribution in [0, 0.1) is 13.8 Å². The van der Waals surface area contributed by atoms with Crippen LogP contribution in [0.25, 0.3) is 6.08 Å². The summed E-state index contributed by atoms with van der Waals surface area (Å²) in [6.45, 7) is 4.01. The molecule has 2 aromatic carbocycles. The van der Waals surface area contributed by atoms with Crippen LogP contribution in [0.1, 0.15) is 16.7 Å². The molecule has 0 radical (unpaired) electrons. The number of carbonyl (C=O) groups excluding carboxylic acids is 1. The molecule has 2 rings (SSSR count). The third-order valence-electron chi connectivity index (χ3n) is 2.77. The molecule has 0 aliphatic heterocycles. The van der Waals surface area contributed by atoms with Gasteiger partial charge in [-0.15, -0.1) is 0 Å². The van der Waals surface area contributed by atoms with Crippen molar-refractivity contribution in [1.29, 1.82) is 0 Å². The Morgan fingerprint density at radius 3 is 2.30 bits per heavy atom. The van der Waals surface area contributed by atoms with Crippen molar-refractivity contribution in [3.63, 3.8) is 0 Å². The highest BCUT2D eigenvalue weighted by molar-refractivity contribution is 5.90. The van der Waals surface area contributed by atoms with Gasteiger partial charge in [-0.3, -0.25) is 0 Å². The zero-order valence-electron chi connectivity index (χ0n) is 11.7. The van der Waals surface area contributed by atoms with Gasteiger partial charge < -0.3 is 10.6 Å². The van der Waals surface area contributed by atoms with Gasteiger partial charge in [-0.1, -0.05) is 36.4 Å². The van der Waals surface area contributed by atoms with Gasteiger partial charge in [0.1, 0.15) is 0 Å². The molecule has 102 valence electrons. The van der Waals surface area contributed by atoms with E-state index in [0.717, 1.165) is 22.4 Å². The van der Waals surface area contributed by atoms with E-state index in [0.29, 0.717) is 0 Å². The first kappa shape index (κ1) is 13.9. The Labute approximate surface area is 119 Å². The summed E-state index contributed by atoms with van der Waals surface area (Å²) in [5, 5.41) is 5.50. The van der Waals surface area contributed by atoms with E-state index in [2.05, 4.69) is 16.7 Å². The van der Waals surface area contributed by atoms with Crippen molar-refractivity contribution in [1.82, 2.24) is 5.32 Å². The number of benzene rings is 2. The monoisotopic (exact) mass is 266 g/mol. The summed E-state index contributed by atoms with van der Waals surface area (Å²) in [7, 11) is 0. The molecule has 2 N–H and O–H groups in total. The Morgan fingerprint density at radius 1 is 1.00 bits per heavy atom. The molecule has 0 aromatic heterocycles. The molecular weight excluding hydrogens is 248 g/mol. The van der Waals surface area contributed by atoms with Crippen molar-refractivity contribution < 1.29 is 4.79 Å². The second kappa shape index (κ2) is 6.57. The number of hydrogen-bond donors (Lipinski definition) is 2. The Morgan fingerprint density at radius 2 is 1.65 bits per heavy atom. The average Bonchev–Trinajstić information content (AvgIpc) is 2.38. The van der Waals surface area contributed by atoms with Crippen LogP contribution < -0.4 is 10.6 Å². The summed E-state index contributed by atoms with van der Waals surface area (Å²) in [5.41, 5.74) is 4.09. The molecule has 0 spiro atoms. The molecule has 0 heterocycles. The average molecular weight is 266 g/mol. The van der Waals surface area contributed by atoms with Crippen molar-refractivity contribution in [2.45, 2.75) is 13.8 Å². The second-order valence-electron chi connectivity index (χ2n) is 4.72. The molecule has 0 aliphatic rings. The number of aryl methyl sites for hydroxylation is 2. The molecule has 3 heteroatoms. The fraction of sp³-hybridized carbons (Fsp3) is 0.118. The van der Waals surface area contributed by atoms with Crippen LogP contribution in [0.4, 0.5) is 10.5 Å². The van der Waals surface area contributed by atoms with Crippen LogP contribution in [-0.4, -0.2) is 6.03 Å². The smallest absolute Gasteiger partial charge is 0.314 e. The van der Waals surface area contributed by atoms with Gasteiger partial charge in [0.25, 0.3) is 0 Å². The number of anilines is 1. The zero-order chi connectivity index (χ0) is 14.4.